The molecule has 1 aliphatic heterocycles. The van der Waals surface area contributed by atoms with Crippen LogP contribution in [-0.4, -0.2) is 78.4 Å². The highest BCUT2D eigenvalue weighted by Crippen LogP contribution is 2.70. The Morgan fingerprint density at radius 1 is 0.947 bits per heavy atom. The van der Waals surface area contributed by atoms with Gasteiger partial charge < -0.3 is 35.3 Å². The minimum atomic E-state index is -1.55. The summed E-state index contributed by atoms with van der Waals surface area (Å²) < 4.78 is 5.83. The zero-order chi connectivity index (χ0) is 40.8. The number of cyclic esters (lactones) is 1. The summed E-state index contributed by atoms with van der Waals surface area (Å²) in [4.78, 5) is 30.5. The van der Waals surface area contributed by atoms with Crippen molar-refractivity contribution in [2.24, 2.45) is 75.9 Å². The van der Waals surface area contributed by atoms with Gasteiger partial charge in [-0.25, -0.2) is 0 Å². The smallest absolute Gasteiger partial charge is 0.313 e. The molecule has 0 radical (unpaired) electrons. The lowest BCUT2D eigenvalue weighted by atomic mass is 9.45. The van der Waals surface area contributed by atoms with Gasteiger partial charge in [-0.15, -0.1) is 5.92 Å². The standard InChI is InChI=1S/C48H69NO8/c1-26(2)17-28-10-8-12-32-27(3)18-41(53)47(6,55)43-30(11-7-9-29(19-33(28)32)34-25-57-44(54)42(34)31-14-16-49-24-31)22-48(56)36-20-38(50)37-21-39(51)40(52)23-45(37,4)35(36)13-15-46(43,48)5/h14,16,20,24,26-30,32-35,37,39-43,49,51-53,55-56H,8,10-13,15,17-19,21-23,25H2,1-6H3/t27-,28+,29-,30+,32+,33-,34-,35+,37+,39-,40+,41-,42-,43+,45-,46-,47+,48-/m1/s1. The summed E-state index contributed by atoms with van der Waals surface area (Å²) in [5.41, 5.74) is -2.86. The molecule has 5 fully saturated rings. The van der Waals surface area contributed by atoms with E-state index in [0.717, 1.165) is 37.7 Å². The molecule has 9 nitrogen and oxygen atoms in total. The zero-order valence-electron chi connectivity index (χ0n) is 35.1. The molecule has 2 heterocycles. The van der Waals surface area contributed by atoms with Gasteiger partial charge >= 0.3 is 5.97 Å². The van der Waals surface area contributed by atoms with Crippen molar-refractivity contribution in [3.63, 3.8) is 0 Å². The molecule has 9 heteroatoms. The maximum absolute atomic E-state index is 14.0. The van der Waals surface area contributed by atoms with Crippen LogP contribution in [0.3, 0.4) is 0 Å². The fraction of sp³-hybridized carbons (Fsp3) is 0.792. The van der Waals surface area contributed by atoms with Crippen LogP contribution in [0.15, 0.2) is 30.1 Å². The largest absolute Gasteiger partial charge is 0.465 e. The molecule has 0 aromatic carbocycles. The first kappa shape index (κ1) is 41.3. The number of rotatable bonds is 4. The fourth-order valence-corrected chi connectivity index (χ4v) is 15.0. The highest BCUT2D eigenvalue weighted by Gasteiger charge is 2.71. The molecule has 18 atom stereocenters. The van der Waals surface area contributed by atoms with Gasteiger partial charge in [0.2, 0.25) is 0 Å². The van der Waals surface area contributed by atoms with Gasteiger partial charge in [0.05, 0.1) is 42.0 Å². The van der Waals surface area contributed by atoms with Crippen LogP contribution in [0.25, 0.3) is 0 Å². The molecule has 0 bridgehead atoms. The number of aromatic amines is 1. The quantitative estimate of drug-likeness (QED) is 0.153. The Morgan fingerprint density at radius 3 is 2.44 bits per heavy atom. The second-order valence-corrected chi connectivity index (χ2v) is 21.3. The molecule has 8 rings (SSSR count). The average molecular weight is 788 g/mol. The number of aliphatic hydroxyl groups is 5. The Labute approximate surface area is 339 Å². The number of nitrogens with one attached hydrogen (secondary N) is 1. The van der Waals surface area contributed by atoms with Gasteiger partial charge in [0.1, 0.15) is 0 Å². The number of ketones is 1. The van der Waals surface area contributed by atoms with Gasteiger partial charge in [-0.2, -0.15) is 0 Å². The van der Waals surface area contributed by atoms with Crippen molar-refractivity contribution in [1.29, 1.82) is 0 Å². The molecular weight excluding hydrogens is 719 g/mol. The summed E-state index contributed by atoms with van der Waals surface area (Å²) in [6.45, 7) is 13.0. The molecule has 1 saturated heterocycles. The Kier molecular flexibility index (Phi) is 10.8. The first-order valence-electron chi connectivity index (χ1n) is 22.4. The lowest BCUT2D eigenvalue weighted by Gasteiger charge is -2.60. The average Bonchev–Trinajstić information content (AvgIpc) is 3.85. The molecule has 57 heavy (non-hydrogen) atoms. The van der Waals surface area contributed by atoms with E-state index >= 15 is 0 Å². The summed E-state index contributed by atoms with van der Waals surface area (Å²) in [5, 5.41) is 60.1. The zero-order valence-corrected chi connectivity index (χ0v) is 35.1. The van der Waals surface area contributed by atoms with E-state index in [2.05, 4.69) is 44.5 Å². The lowest BCUT2D eigenvalue weighted by molar-refractivity contribution is -0.182. The van der Waals surface area contributed by atoms with E-state index in [1.54, 1.807) is 13.0 Å². The van der Waals surface area contributed by atoms with Gasteiger partial charge in [0, 0.05) is 47.9 Å². The third-order valence-electron chi connectivity index (χ3n) is 17.7. The van der Waals surface area contributed by atoms with Gasteiger partial charge in [0.25, 0.3) is 0 Å². The number of hydrogen-bond donors (Lipinski definition) is 6. The molecule has 0 unspecified atom stereocenters. The van der Waals surface area contributed by atoms with Crippen LogP contribution in [0.2, 0.25) is 0 Å². The van der Waals surface area contributed by atoms with E-state index in [0.29, 0.717) is 68.0 Å². The van der Waals surface area contributed by atoms with E-state index < -0.39 is 58.1 Å². The van der Waals surface area contributed by atoms with Gasteiger partial charge in [-0.05, 0) is 135 Å². The Balaban J connectivity index is 1.21. The van der Waals surface area contributed by atoms with E-state index in [1.807, 2.05) is 25.4 Å². The topological polar surface area (TPSA) is 160 Å². The molecule has 6 N–H and O–H groups in total. The number of aromatic nitrogens is 1. The Morgan fingerprint density at radius 2 is 1.72 bits per heavy atom. The Bertz CT molecular complexity index is 1770. The number of ether oxygens (including phenoxy) is 1. The molecule has 4 saturated carbocycles. The maximum Gasteiger partial charge on any atom is 0.313 e. The van der Waals surface area contributed by atoms with Crippen LogP contribution in [0, 0.1) is 87.8 Å². The normalized spacial score (nSPS) is 50.0. The summed E-state index contributed by atoms with van der Waals surface area (Å²) >= 11 is 0. The summed E-state index contributed by atoms with van der Waals surface area (Å²) in [5.74, 6) is 6.90. The van der Waals surface area contributed by atoms with Crippen LogP contribution < -0.4 is 0 Å². The summed E-state index contributed by atoms with van der Waals surface area (Å²) in [7, 11) is 0. The van der Waals surface area contributed by atoms with Crippen molar-refractivity contribution in [3.05, 3.63) is 35.7 Å². The van der Waals surface area contributed by atoms with E-state index in [9.17, 15) is 35.1 Å². The number of esters is 1. The third kappa shape index (κ3) is 6.62. The predicted octanol–water partition coefficient (Wildman–Crippen LogP) is 6.33. The minimum Gasteiger partial charge on any atom is -0.465 e. The van der Waals surface area contributed by atoms with E-state index in [-0.39, 0.29) is 54.2 Å². The van der Waals surface area contributed by atoms with E-state index in [4.69, 9.17) is 4.74 Å². The first-order valence-corrected chi connectivity index (χ1v) is 22.4. The van der Waals surface area contributed by atoms with Crippen LogP contribution in [0.1, 0.15) is 130 Å². The van der Waals surface area contributed by atoms with Crippen LogP contribution >= 0.6 is 0 Å². The van der Waals surface area contributed by atoms with Gasteiger partial charge in [0.15, 0.2) is 5.78 Å². The lowest BCUT2D eigenvalue weighted by Crippen LogP contribution is -2.63. The van der Waals surface area contributed by atoms with Gasteiger partial charge in [-0.3, -0.25) is 9.59 Å². The summed E-state index contributed by atoms with van der Waals surface area (Å²) in [6.07, 6.45) is 10.7. The SMILES string of the molecule is CC(C)C[C@@H]1CCC[C@@H]2[C@@H]1C[C@H]([C@H]1COC(=O)[C@@H]1c1cc[nH]c1)C#CC[C@H]1C[C@@]3(O)C4=CC(=O)[C@@H]5C[C@@H](O)[C@@H](O)C[C@]5(C)[C@H]4CC[C@]3(C)[C@H]1[C@@](C)(O)[C@H](O)C[C@H]2C. The molecule has 0 amide bonds. The second-order valence-electron chi connectivity index (χ2n) is 21.3. The van der Waals surface area contributed by atoms with Crippen molar-refractivity contribution in [2.45, 2.75) is 154 Å². The number of carbonyl (C=O) groups is 2. The predicted molar refractivity (Wildman–Crippen MR) is 216 cm³/mol. The number of hydrogen-bond acceptors (Lipinski definition) is 8. The van der Waals surface area contributed by atoms with Crippen molar-refractivity contribution >= 4 is 11.8 Å². The molecule has 314 valence electrons. The molecule has 1 aromatic rings. The third-order valence-corrected chi connectivity index (χ3v) is 17.7. The molecular formula is C48H69NO8. The van der Waals surface area contributed by atoms with Crippen LogP contribution in [0.4, 0.5) is 0 Å². The van der Waals surface area contributed by atoms with Crippen molar-refractivity contribution in [3.8, 4) is 11.8 Å². The monoisotopic (exact) mass is 788 g/mol. The molecule has 7 aliphatic rings. The van der Waals surface area contributed by atoms with Crippen molar-refractivity contribution < 1.29 is 39.9 Å². The first-order chi connectivity index (χ1) is 26.9. The highest BCUT2D eigenvalue weighted by molar-refractivity contribution is 5.95. The van der Waals surface area contributed by atoms with Gasteiger partial charge in [-0.1, -0.05) is 53.4 Å². The summed E-state index contributed by atoms with van der Waals surface area (Å²) in [6, 6.07) is 1.97. The van der Waals surface area contributed by atoms with Crippen LogP contribution in [0.5, 0.6) is 0 Å². The second kappa shape index (κ2) is 14.9. The number of fused-ring (bicyclic) bond motifs is 8. The molecule has 0 spiro atoms. The minimum absolute atomic E-state index is 0.108. The number of aliphatic hydroxyl groups excluding tert-OH is 3. The van der Waals surface area contributed by atoms with E-state index in [1.165, 1.54) is 0 Å². The maximum atomic E-state index is 14.0. The number of allylic oxidation sites excluding steroid dienone is 1. The van der Waals surface area contributed by atoms with Crippen molar-refractivity contribution in [2.75, 3.05) is 6.61 Å². The Hall–Kier alpha value is -2.48. The fourth-order valence-electron chi connectivity index (χ4n) is 15.0. The highest BCUT2D eigenvalue weighted by atomic mass is 16.5. The van der Waals surface area contributed by atoms with Crippen molar-refractivity contribution in [1.82, 2.24) is 4.98 Å². The molecule has 6 aliphatic carbocycles. The molecule has 1 aromatic heterocycles. The number of H-pyrrole nitrogens is 1. The number of carbonyl (C=O) groups excluding carboxylic acids is 2. The van der Waals surface area contributed by atoms with Crippen LogP contribution in [-0.2, 0) is 14.3 Å².